The van der Waals surface area contributed by atoms with E-state index < -0.39 is 17.6 Å². The molecule has 138 valence electrons. The first kappa shape index (κ1) is 18.5. The van der Waals surface area contributed by atoms with Gasteiger partial charge < -0.3 is 14.9 Å². The molecule has 0 unspecified atom stereocenters. The molecule has 2 aromatic rings. The molecule has 1 aliphatic rings. The molecular weight excluding hydrogens is 372 g/mol. The van der Waals surface area contributed by atoms with Crippen LogP contribution in [0, 0.1) is 0 Å². The van der Waals surface area contributed by atoms with Crippen LogP contribution in [0.4, 0.5) is 5.69 Å². The number of rotatable bonds is 4. The summed E-state index contributed by atoms with van der Waals surface area (Å²) >= 11 is 5.92. The Kier molecular flexibility index (Phi) is 4.87. The molecule has 0 atom stereocenters. The largest absolute Gasteiger partial charge is 0.869 e. The molecule has 3 rings (SSSR count). The molecule has 1 aliphatic heterocycles. The van der Waals surface area contributed by atoms with Crippen LogP contribution in [0.5, 0.6) is 11.5 Å². The van der Waals surface area contributed by atoms with Crippen molar-refractivity contribution in [2.45, 2.75) is 6.92 Å². The molecule has 0 aromatic heterocycles. The maximum Gasteiger partial charge on any atom is 0.335 e. The second kappa shape index (κ2) is 7.13. The van der Waals surface area contributed by atoms with E-state index in [1.165, 1.54) is 37.4 Å². The number of carbonyl (C=O) groups excluding carboxylic acids is 1. The van der Waals surface area contributed by atoms with E-state index in [1.807, 2.05) is 0 Å². The number of methoxy groups -OCH3 is 1. The normalized spacial score (nSPS) is 15.2. The molecule has 7 nitrogen and oxygen atoms in total. The van der Waals surface area contributed by atoms with Crippen LogP contribution in [0.2, 0.25) is 5.02 Å². The van der Waals surface area contributed by atoms with Crippen LogP contribution in [-0.2, 0) is 4.79 Å². The number of anilines is 1. The highest BCUT2D eigenvalue weighted by atomic mass is 35.5. The van der Waals surface area contributed by atoms with Gasteiger partial charge in [-0.3, -0.25) is 4.79 Å². The van der Waals surface area contributed by atoms with E-state index in [-0.39, 0.29) is 16.3 Å². The van der Waals surface area contributed by atoms with E-state index in [0.717, 1.165) is 5.01 Å². The number of carbonyl (C=O) groups is 2. The van der Waals surface area contributed by atoms with Gasteiger partial charge in [0.2, 0.25) is 0 Å². The highest BCUT2D eigenvalue weighted by Crippen LogP contribution is 2.34. The Bertz CT molecular complexity index is 1010. The molecule has 1 heterocycles. The number of benzene rings is 2. The highest BCUT2D eigenvalue weighted by Gasteiger charge is 2.29. The number of halogens is 1. The molecule has 8 heteroatoms. The average Bonchev–Trinajstić information content (AvgIpc) is 2.92. The SMILES string of the molecule is COc1cc(/C=C2/C(=O)N(c3cccc(C(=O)O)c3)N=C2C)cc(Cl)c1[O-]. The second-order valence-electron chi connectivity index (χ2n) is 5.75. The third kappa shape index (κ3) is 3.50. The molecule has 2 aromatic carbocycles. The van der Waals surface area contributed by atoms with Crippen molar-refractivity contribution in [2.75, 3.05) is 12.1 Å². The Morgan fingerprint density at radius 2 is 2.07 bits per heavy atom. The Hall–Kier alpha value is -3.32. The maximum absolute atomic E-state index is 12.8. The quantitative estimate of drug-likeness (QED) is 0.815. The van der Waals surface area contributed by atoms with Crippen molar-refractivity contribution < 1.29 is 24.5 Å². The molecule has 1 amide bonds. The van der Waals surface area contributed by atoms with Gasteiger partial charge >= 0.3 is 5.97 Å². The first-order valence-electron chi connectivity index (χ1n) is 7.81. The zero-order valence-corrected chi connectivity index (χ0v) is 15.1. The zero-order chi connectivity index (χ0) is 19.7. The monoisotopic (exact) mass is 385 g/mol. The number of aromatic carboxylic acids is 1. The Labute approximate surface area is 159 Å². The van der Waals surface area contributed by atoms with Gasteiger partial charge in [0.15, 0.2) is 0 Å². The van der Waals surface area contributed by atoms with Gasteiger partial charge in [0.25, 0.3) is 5.91 Å². The predicted molar refractivity (Wildman–Crippen MR) is 99.4 cm³/mol. The molecule has 0 aliphatic carbocycles. The first-order valence-corrected chi connectivity index (χ1v) is 8.19. The summed E-state index contributed by atoms with van der Waals surface area (Å²) in [4.78, 5) is 23.9. The van der Waals surface area contributed by atoms with Gasteiger partial charge in [0.1, 0.15) is 5.75 Å². The van der Waals surface area contributed by atoms with Crippen LogP contribution in [-0.4, -0.2) is 29.8 Å². The van der Waals surface area contributed by atoms with Crippen molar-refractivity contribution in [3.05, 3.63) is 58.1 Å². The number of carboxylic acid groups (broad SMARTS) is 1. The van der Waals surface area contributed by atoms with Crippen molar-refractivity contribution in [1.29, 1.82) is 0 Å². The summed E-state index contributed by atoms with van der Waals surface area (Å²) in [6.07, 6.45) is 1.55. The fourth-order valence-electron chi connectivity index (χ4n) is 2.62. The number of hydrazone groups is 1. The van der Waals surface area contributed by atoms with E-state index in [2.05, 4.69) is 5.10 Å². The van der Waals surface area contributed by atoms with Gasteiger partial charge in [-0.05, 0) is 54.6 Å². The minimum Gasteiger partial charge on any atom is -0.869 e. The smallest absolute Gasteiger partial charge is 0.335 e. The zero-order valence-electron chi connectivity index (χ0n) is 14.4. The van der Waals surface area contributed by atoms with E-state index >= 15 is 0 Å². The minimum absolute atomic E-state index is 0.0211. The summed E-state index contributed by atoms with van der Waals surface area (Å²) in [6, 6.07) is 8.85. The summed E-state index contributed by atoms with van der Waals surface area (Å²) < 4.78 is 5.00. The molecule has 0 fully saturated rings. The Morgan fingerprint density at radius 3 is 2.74 bits per heavy atom. The number of hydrogen-bond acceptors (Lipinski definition) is 5. The van der Waals surface area contributed by atoms with E-state index in [9.17, 15) is 14.7 Å². The van der Waals surface area contributed by atoms with Crippen molar-refractivity contribution in [1.82, 2.24) is 0 Å². The van der Waals surface area contributed by atoms with Gasteiger partial charge in [0, 0.05) is 5.02 Å². The molecule has 0 saturated heterocycles. The van der Waals surface area contributed by atoms with Crippen LogP contribution in [0.1, 0.15) is 22.8 Å². The highest BCUT2D eigenvalue weighted by molar-refractivity contribution is 6.33. The van der Waals surface area contributed by atoms with Gasteiger partial charge in [-0.15, -0.1) is 0 Å². The van der Waals surface area contributed by atoms with E-state index in [0.29, 0.717) is 22.5 Å². The van der Waals surface area contributed by atoms with Crippen LogP contribution in [0.15, 0.2) is 47.1 Å². The standard InChI is InChI=1S/C19H15ClN2O5/c1-10-14(6-11-7-15(20)17(23)16(8-11)27-2)18(24)22(21-10)13-5-3-4-12(9-13)19(25)26/h3-9,23H,1-2H3,(H,25,26)/p-1/b14-6+. The molecule has 27 heavy (non-hydrogen) atoms. The van der Waals surface area contributed by atoms with Gasteiger partial charge in [-0.1, -0.05) is 17.7 Å². The van der Waals surface area contributed by atoms with Crippen LogP contribution < -0.4 is 14.9 Å². The fourth-order valence-corrected chi connectivity index (χ4v) is 2.84. The van der Waals surface area contributed by atoms with Crippen molar-refractivity contribution in [3.63, 3.8) is 0 Å². The summed E-state index contributed by atoms with van der Waals surface area (Å²) in [5, 5.41) is 26.3. The lowest BCUT2D eigenvalue weighted by atomic mass is 10.1. The third-order valence-electron chi connectivity index (χ3n) is 3.96. The number of amides is 1. The van der Waals surface area contributed by atoms with Crippen molar-refractivity contribution in [3.8, 4) is 11.5 Å². The van der Waals surface area contributed by atoms with Gasteiger partial charge in [0.05, 0.1) is 29.6 Å². The third-order valence-corrected chi connectivity index (χ3v) is 4.24. The van der Waals surface area contributed by atoms with Crippen LogP contribution in [0.3, 0.4) is 0 Å². The lowest BCUT2D eigenvalue weighted by Crippen LogP contribution is -2.21. The van der Waals surface area contributed by atoms with Crippen LogP contribution >= 0.6 is 11.6 Å². The van der Waals surface area contributed by atoms with Crippen molar-refractivity contribution in [2.24, 2.45) is 5.10 Å². The number of hydrogen-bond donors (Lipinski definition) is 1. The molecular formula is C19H14ClN2O5-. The van der Waals surface area contributed by atoms with Gasteiger partial charge in [-0.2, -0.15) is 10.1 Å². The van der Waals surface area contributed by atoms with E-state index in [1.54, 1.807) is 19.1 Å². The predicted octanol–water partition coefficient (Wildman–Crippen LogP) is 2.93. The summed E-state index contributed by atoms with van der Waals surface area (Å²) in [5.41, 5.74) is 1.64. The number of nitrogens with zero attached hydrogens (tertiary/aromatic N) is 2. The molecule has 0 radical (unpaired) electrons. The molecule has 0 saturated carbocycles. The Balaban J connectivity index is 1.99. The first-order chi connectivity index (χ1) is 12.8. The van der Waals surface area contributed by atoms with Gasteiger partial charge in [-0.25, -0.2) is 4.79 Å². The second-order valence-corrected chi connectivity index (χ2v) is 6.16. The lowest BCUT2D eigenvalue weighted by molar-refractivity contribution is -0.269. The maximum atomic E-state index is 12.8. The molecule has 1 N–H and O–H groups in total. The number of carboxylic acids is 1. The molecule has 0 spiro atoms. The van der Waals surface area contributed by atoms with E-state index in [4.69, 9.17) is 21.4 Å². The number of ether oxygens (including phenoxy) is 1. The topological polar surface area (TPSA) is 102 Å². The minimum atomic E-state index is -1.10. The summed E-state index contributed by atoms with van der Waals surface area (Å²) in [5.74, 6) is -1.88. The summed E-state index contributed by atoms with van der Waals surface area (Å²) in [7, 11) is 1.36. The Morgan fingerprint density at radius 1 is 1.33 bits per heavy atom. The fraction of sp³-hybridized carbons (Fsp3) is 0.105. The average molecular weight is 386 g/mol. The van der Waals surface area contributed by atoms with Crippen LogP contribution in [0.25, 0.3) is 6.08 Å². The molecule has 0 bridgehead atoms. The van der Waals surface area contributed by atoms with Crippen molar-refractivity contribution >= 4 is 41.0 Å². The lowest BCUT2D eigenvalue weighted by Gasteiger charge is -2.15. The summed E-state index contributed by atoms with van der Waals surface area (Å²) in [6.45, 7) is 1.66.